The summed E-state index contributed by atoms with van der Waals surface area (Å²) in [5, 5.41) is 4.36. The zero-order valence-corrected chi connectivity index (χ0v) is 10.6. The lowest BCUT2D eigenvalue weighted by Crippen LogP contribution is -2.18. The van der Waals surface area contributed by atoms with Crippen LogP contribution in [0.2, 0.25) is 0 Å². The van der Waals surface area contributed by atoms with Crippen molar-refractivity contribution in [1.82, 2.24) is 9.78 Å². The van der Waals surface area contributed by atoms with Gasteiger partial charge in [0.15, 0.2) is 5.75 Å². The third kappa shape index (κ3) is 2.51. The summed E-state index contributed by atoms with van der Waals surface area (Å²) in [5.41, 5.74) is 1.11. The Kier molecular flexibility index (Phi) is 3.82. The number of carbonyl (C=O) groups is 1. The van der Waals surface area contributed by atoms with E-state index in [1.807, 2.05) is 4.68 Å². The van der Waals surface area contributed by atoms with Crippen LogP contribution in [0, 0.1) is 0 Å². The Labute approximate surface area is 102 Å². The van der Waals surface area contributed by atoms with E-state index in [0.717, 1.165) is 43.7 Å². The van der Waals surface area contributed by atoms with E-state index in [1.165, 1.54) is 0 Å². The van der Waals surface area contributed by atoms with Gasteiger partial charge in [0.05, 0.1) is 19.0 Å². The first kappa shape index (κ1) is 12.1. The molecule has 0 saturated heterocycles. The molecule has 2 rings (SSSR count). The minimum Gasteiger partial charge on any atom is -0.493 e. The monoisotopic (exact) mass is 236 g/mol. The predicted molar refractivity (Wildman–Crippen MR) is 65.3 cm³/mol. The van der Waals surface area contributed by atoms with Crippen LogP contribution in [0.15, 0.2) is 6.20 Å². The number of hydrogen-bond acceptors (Lipinski definition) is 3. The topological polar surface area (TPSA) is 44.1 Å². The van der Waals surface area contributed by atoms with Crippen LogP contribution in [0.5, 0.6) is 5.75 Å². The Morgan fingerprint density at radius 1 is 1.59 bits per heavy atom. The molecule has 1 saturated carbocycles. The number of ketones is 1. The maximum atomic E-state index is 11.6. The SMILES string of the molecule is CCCn1ncc(OC)c1C1CCCC(=O)C1. The number of Topliss-reactive ketones (excluding diaryl/α,β-unsaturated/α-hetero) is 1. The van der Waals surface area contributed by atoms with Gasteiger partial charge < -0.3 is 4.74 Å². The van der Waals surface area contributed by atoms with Gasteiger partial charge in [-0.15, -0.1) is 0 Å². The first-order chi connectivity index (χ1) is 8.26. The van der Waals surface area contributed by atoms with E-state index in [0.29, 0.717) is 18.1 Å². The van der Waals surface area contributed by atoms with Gasteiger partial charge in [-0.05, 0) is 19.3 Å². The normalized spacial score (nSPS) is 20.6. The van der Waals surface area contributed by atoms with Crippen molar-refractivity contribution in [1.29, 1.82) is 0 Å². The quantitative estimate of drug-likeness (QED) is 0.807. The highest BCUT2D eigenvalue weighted by atomic mass is 16.5. The molecule has 0 aromatic carbocycles. The molecule has 94 valence electrons. The maximum Gasteiger partial charge on any atom is 0.160 e. The van der Waals surface area contributed by atoms with Crippen molar-refractivity contribution in [2.24, 2.45) is 0 Å². The van der Waals surface area contributed by atoms with Gasteiger partial charge in [-0.2, -0.15) is 5.10 Å². The fraction of sp³-hybridized carbons (Fsp3) is 0.692. The summed E-state index contributed by atoms with van der Waals surface area (Å²) in [6, 6.07) is 0. The van der Waals surface area contributed by atoms with Gasteiger partial charge in [0, 0.05) is 25.3 Å². The summed E-state index contributed by atoms with van der Waals surface area (Å²) in [5.74, 6) is 1.49. The van der Waals surface area contributed by atoms with Crippen molar-refractivity contribution in [3.05, 3.63) is 11.9 Å². The van der Waals surface area contributed by atoms with Gasteiger partial charge in [-0.25, -0.2) is 0 Å². The molecule has 1 aliphatic carbocycles. The third-order valence-electron chi connectivity index (χ3n) is 3.37. The molecule has 0 amide bonds. The fourth-order valence-electron chi connectivity index (χ4n) is 2.59. The highest BCUT2D eigenvalue weighted by Gasteiger charge is 2.27. The van der Waals surface area contributed by atoms with Crippen LogP contribution in [0.25, 0.3) is 0 Å². The van der Waals surface area contributed by atoms with Crippen molar-refractivity contribution in [3.8, 4) is 5.75 Å². The number of carbonyl (C=O) groups excluding carboxylic acids is 1. The highest BCUT2D eigenvalue weighted by Crippen LogP contribution is 2.36. The van der Waals surface area contributed by atoms with Crippen LogP contribution in [0.3, 0.4) is 0 Å². The smallest absolute Gasteiger partial charge is 0.160 e. The summed E-state index contributed by atoms with van der Waals surface area (Å²) in [6.45, 7) is 3.02. The van der Waals surface area contributed by atoms with Crippen LogP contribution in [-0.2, 0) is 11.3 Å². The number of aromatic nitrogens is 2. The Morgan fingerprint density at radius 3 is 3.06 bits per heavy atom. The lowest BCUT2D eigenvalue weighted by atomic mass is 9.85. The van der Waals surface area contributed by atoms with Crippen molar-refractivity contribution in [3.63, 3.8) is 0 Å². The van der Waals surface area contributed by atoms with Gasteiger partial charge in [0.2, 0.25) is 0 Å². The lowest BCUT2D eigenvalue weighted by molar-refractivity contribution is -0.120. The summed E-state index contributed by atoms with van der Waals surface area (Å²) in [6.07, 6.45) is 6.25. The fourth-order valence-corrected chi connectivity index (χ4v) is 2.59. The van der Waals surface area contributed by atoms with Crippen molar-refractivity contribution >= 4 is 5.78 Å². The summed E-state index contributed by atoms with van der Waals surface area (Å²) in [4.78, 5) is 11.6. The minimum absolute atomic E-state index is 0.292. The average molecular weight is 236 g/mol. The van der Waals surface area contributed by atoms with E-state index in [9.17, 15) is 4.79 Å². The molecule has 1 aromatic rings. The highest BCUT2D eigenvalue weighted by molar-refractivity contribution is 5.80. The van der Waals surface area contributed by atoms with Crippen LogP contribution in [0.4, 0.5) is 0 Å². The Bertz CT molecular complexity index is 398. The molecule has 0 aliphatic heterocycles. The van der Waals surface area contributed by atoms with Crippen LogP contribution in [0.1, 0.15) is 50.6 Å². The molecule has 17 heavy (non-hydrogen) atoms. The van der Waals surface area contributed by atoms with E-state index in [1.54, 1.807) is 13.3 Å². The number of nitrogens with zero attached hydrogens (tertiary/aromatic N) is 2. The van der Waals surface area contributed by atoms with Gasteiger partial charge >= 0.3 is 0 Å². The zero-order chi connectivity index (χ0) is 12.3. The number of methoxy groups -OCH3 is 1. The first-order valence-electron chi connectivity index (χ1n) is 6.37. The number of hydrogen-bond donors (Lipinski definition) is 0. The second-order valence-corrected chi connectivity index (χ2v) is 4.65. The second kappa shape index (κ2) is 5.34. The zero-order valence-electron chi connectivity index (χ0n) is 10.6. The van der Waals surface area contributed by atoms with E-state index in [2.05, 4.69) is 12.0 Å². The molecule has 1 fully saturated rings. The molecule has 1 atom stereocenters. The summed E-state index contributed by atoms with van der Waals surface area (Å²) < 4.78 is 7.37. The molecule has 1 aromatic heterocycles. The molecular formula is C13H20N2O2. The molecular weight excluding hydrogens is 216 g/mol. The molecule has 0 spiro atoms. The van der Waals surface area contributed by atoms with Gasteiger partial charge in [-0.1, -0.05) is 6.92 Å². The number of rotatable bonds is 4. The number of ether oxygens (including phenoxy) is 1. The van der Waals surface area contributed by atoms with Gasteiger partial charge in [0.25, 0.3) is 0 Å². The standard InChI is InChI=1S/C13H20N2O2/c1-3-7-15-13(12(17-2)9-14-15)10-5-4-6-11(16)8-10/h9-10H,3-8H2,1-2H3. The Balaban J connectivity index is 2.27. The van der Waals surface area contributed by atoms with E-state index < -0.39 is 0 Å². The van der Waals surface area contributed by atoms with E-state index >= 15 is 0 Å². The molecule has 1 aliphatic rings. The van der Waals surface area contributed by atoms with Crippen LogP contribution >= 0.6 is 0 Å². The summed E-state index contributed by atoms with van der Waals surface area (Å²) in [7, 11) is 1.67. The average Bonchev–Trinajstić information content (AvgIpc) is 2.72. The van der Waals surface area contributed by atoms with E-state index in [4.69, 9.17) is 4.74 Å². The first-order valence-corrected chi connectivity index (χ1v) is 6.37. The Hall–Kier alpha value is -1.32. The molecule has 1 unspecified atom stereocenters. The van der Waals surface area contributed by atoms with Crippen LogP contribution < -0.4 is 4.74 Å². The maximum absolute atomic E-state index is 11.6. The molecule has 0 N–H and O–H groups in total. The molecule has 4 heteroatoms. The second-order valence-electron chi connectivity index (χ2n) is 4.65. The lowest BCUT2D eigenvalue weighted by Gasteiger charge is -2.22. The molecule has 0 bridgehead atoms. The van der Waals surface area contributed by atoms with Gasteiger partial charge in [0.1, 0.15) is 5.78 Å². The molecule has 1 heterocycles. The van der Waals surface area contributed by atoms with Crippen molar-refractivity contribution in [2.45, 2.75) is 51.5 Å². The van der Waals surface area contributed by atoms with Crippen molar-refractivity contribution < 1.29 is 9.53 Å². The predicted octanol–water partition coefficient (Wildman–Crippen LogP) is 2.53. The van der Waals surface area contributed by atoms with Crippen molar-refractivity contribution in [2.75, 3.05) is 7.11 Å². The Morgan fingerprint density at radius 2 is 2.41 bits per heavy atom. The number of aryl methyl sites for hydroxylation is 1. The minimum atomic E-state index is 0.292. The molecule has 0 radical (unpaired) electrons. The van der Waals surface area contributed by atoms with Gasteiger partial charge in [-0.3, -0.25) is 9.48 Å². The largest absolute Gasteiger partial charge is 0.493 e. The summed E-state index contributed by atoms with van der Waals surface area (Å²) >= 11 is 0. The third-order valence-corrected chi connectivity index (χ3v) is 3.37. The molecule has 4 nitrogen and oxygen atoms in total. The van der Waals surface area contributed by atoms with E-state index in [-0.39, 0.29) is 0 Å². The van der Waals surface area contributed by atoms with Crippen LogP contribution in [-0.4, -0.2) is 22.7 Å².